The number of carbonyl (C=O) groups excluding carboxylic acids is 2. The molecule has 0 unspecified atom stereocenters. The van der Waals surface area contributed by atoms with E-state index in [4.69, 9.17) is 13.9 Å². The predicted molar refractivity (Wildman–Crippen MR) is 107 cm³/mol. The van der Waals surface area contributed by atoms with Crippen molar-refractivity contribution in [2.75, 3.05) is 13.2 Å². The fraction of sp³-hybridized carbons (Fsp3) is 0.261. The molecule has 1 aliphatic rings. The lowest BCUT2D eigenvalue weighted by Gasteiger charge is -2.26. The summed E-state index contributed by atoms with van der Waals surface area (Å²) >= 11 is 0. The normalized spacial score (nSPS) is 13.6. The zero-order chi connectivity index (χ0) is 20.8. The van der Waals surface area contributed by atoms with Crippen LogP contribution in [0, 0.1) is 6.92 Å². The van der Waals surface area contributed by atoms with Crippen LogP contribution in [0.4, 0.5) is 0 Å². The molecule has 0 aliphatic heterocycles. The third-order valence-electron chi connectivity index (χ3n) is 5.20. The first-order chi connectivity index (χ1) is 14.0. The Hall–Kier alpha value is -3.41. The topological polar surface area (TPSA) is 82.8 Å². The molecule has 0 bridgehead atoms. The van der Waals surface area contributed by atoms with Crippen molar-refractivity contribution < 1.29 is 23.5 Å². The summed E-state index contributed by atoms with van der Waals surface area (Å²) in [5, 5.41) is 0.646. The first-order valence-electron chi connectivity index (χ1n) is 9.49. The molecule has 0 amide bonds. The van der Waals surface area contributed by atoms with E-state index in [1.165, 1.54) is 0 Å². The molecule has 0 saturated carbocycles. The van der Waals surface area contributed by atoms with E-state index >= 15 is 0 Å². The Bertz CT molecular complexity index is 1190. The Balaban J connectivity index is 2.21. The first-order valence-corrected chi connectivity index (χ1v) is 9.49. The molecule has 0 saturated heterocycles. The summed E-state index contributed by atoms with van der Waals surface area (Å²) in [6.45, 7) is 5.28. The van der Waals surface area contributed by atoms with Gasteiger partial charge in [0, 0.05) is 10.9 Å². The zero-order valence-electron chi connectivity index (χ0n) is 16.4. The summed E-state index contributed by atoms with van der Waals surface area (Å²) < 4.78 is 16.1. The lowest BCUT2D eigenvalue weighted by Crippen LogP contribution is -2.48. The minimum atomic E-state index is -2.02. The number of benzene rings is 2. The highest BCUT2D eigenvalue weighted by atomic mass is 16.6. The number of carbonyl (C=O) groups is 2. The van der Waals surface area contributed by atoms with Gasteiger partial charge in [-0.15, -0.1) is 0 Å². The van der Waals surface area contributed by atoms with Crippen molar-refractivity contribution in [2.45, 2.75) is 26.2 Å². The van der Waals surface area contributed by atoms with Crippen LogP contribution < -0.4 is 5.63 Å². The molecule has 3 aromatic rings. The van der Waals surface area contributed by atoms with Crippen LogP contribution >= 0.6 is 0 Å². The lowest BCUT2D eigenvalue weighted by molar-refractivity contribution is -0.162. The van der Waals surface area contributed by atoms with Gasteiger partial charge >= 0.3 is 17.6 Å². The molecule has 0 N–H and O–H groups in total. The van der Waals surface area contributed by atoms with Crippen LogP contribution in [0.1, 0.15) is 30.5 Å². The number of rotatable bonds is 4. The SMILES string of the molecule is CCOC(=O)C1(C(=O)OCC)c2ccccc2-c2c1c(=O)oc1cc(C)ccc21. The summed E-state index contributed by atoms with van der Waals surface area (Å²) in [5.74, 6) is -1.69. The Morgan fingerprint density at radius 3 is 2.31 bits per heavy atom. The lowest BCUT2D eigenvalue weighted by atomic mass is 9.78. The minimum Gasteiger partial charge on any atom is -0.465 e. The fourth-order valence-electron chi connectivity index (χ4n) is 4.08. The van der Waals surface area contributed by atoms with Crippen LogP contribution in [-0.4, -0.2) is 25.2 Å². The third-order valence-corrected chi connectivity index (χ3v) is 5.20. The van der Waals surface area contributed by atoms with E-state index < -0.39 is 23.0 Å². The van der Waals surface area contributed by atoms with Crippen LogP contribution in [0.5, 0.6) is 0 Å². The van der Waals surface area contributed by atoms with E-state index in [1.807, 2.05) is 19.1 Å². The van der Waals surface area contributed by atoms with Gasteiger partial charge in [-0.25, -0.2) is 4.79 Å². The molecular formula is C23H20O6. The van der Waals surface area contributed by atoms with E-state index in [1.54, 1.807) is 44.2 Å². The monoisotopic (exact) mass is 392 g/mol. The quantitative estimate of drug-likeness (QED) is 0.384. The maximum Gasteiger partial charge on any atom is 0.342 e. The van der Waals surface area contributed by atoms with Crippen molar-refractivity contribution in [1.29, 1.82) is 0 Å². The number of hydrogen-bond donors (Lipinski definition) is 0. The molecule has 6 nitrogen and oxygen atoms in total. The van der Waals surface area contributed by atoms with E-state index in [0.29, 0.717) is 27.7 Å². The maximum atomic E-state index is 13.2. The van der Waals surface area contributed by atoms with Gasteiger partial charge in [0.15, 0.2) is 0 Å². The summed E-state index contributed by atoms with van der Waals surface area (Å²) in [6.07, 6.45) is 0. The van der Waals surface area contributed by atoms with Crippen molar-refractivity contribution in [2.24, 2.45) is 0 Å². The molecule has 1 heterocycles. The van der Waals surface area contributed by atoms with Crippen LogP contribution in [0.3, 0.4) is 0 Å². The summed E-state index contributed by atoms with van der Waals surface area (Å²) in [6, 6.07) is 12.4. The van der Waals surface area contributed by atoms with Gasteiger partial charge in [-0.3, -0.25) is 9.59 Å². The summed E-state index contributed by atoms with van der Waals surface area (Å²) in [5.41, 5.74) is -0.00798. The van der Waals surface area contributed by atoms with Crippen LogP contribution in [0.2, 0.25) is 0 Å². The molecule has 0 spiro atoms. The third kappa shape index (κ3) is 2.52. The maximum absolute atomic E-state index is 13.2. The van der Waals surface area contributed by atoms with E-state index in [9.17, 15) is 14.4 Å². The smallest absolute Gasteiger partial charge is 0.342 e. The number of ether oxygens (including phenoxy) is 2. The van der Waals surface area contributed by atoms with E-state index in [0.717, 1.165) is 5.56 Å². The molecule has 2 aromatic carbocycles. The Labute approximate surface area is 167 Å². The Morgan fingerprint density at radius 2 is 1.66 bits per heavy atom. The summed E-state index contributed by atoms with van der Waals surface area (Å²) in [4.78, 5) is 39.7. The molecular weight excluding hydrogens is 372 g/mol. The van der Waals surface area contributed by atoms with Gasteiger partial charge in [-0.1, -0.05) is 36.4 Å². The van der Waals surface area contributed by atoms with Crippen molar-refractivity contribution >= 4 is 22.9 Å². The number of fused-ring (bicyclic) bond motifs is 5. The molecule has 4 rings (SSSR count). The number of esters is 2. The molecule has 0 fully saturated rings. The van der Waals surface area contributed by atoms with Crippen LogP contribution in [0.25, 0.3) is 22.1 Å². The van der Waals surface area contributed by atoms with Crippen LogP contribution in [0.15, 0.2) is 51.7 Å². The predicted octanol–water partition coefficient (Wildman–Crippen LogP) is 3.49. The summed E-state index contributed by atoms with van der Waals surface area (Å²) in [7, 11) is 0. The molecule has 6 heteroatoms. The van der Waals surface area contributed by atoms with Gasteiger partial charge < -0.3 is 13.9 Å². The van der Waals surface area contributed by atoms with E-state index in [-0.39, 0.29) is 18.8 Å². The van der Waals surface area contributed by atoms with Gasteiger partial charge in [0.05, 0.1) is 18.8 Å². The molecule has 148 valence electrons. The van der Waals surface area contributed by atoms with Gasteiger partial charge in [-0.2, -0.15) is 0 Å². The van der Waals surface area contributed by atoms with Crippen molar-refractivity contribution in [3.8, 4) is 11.1 Å². The molecule has 0 radical (unpaired) electrons. The highest BCUT2D eigenvalue weighted by Crippen LogP contribution is 2.51. The second-order valence-electron chi connectivity index (χ2n) is 6.88. The minimum absolute atomic E-state index is 0.0491. The molecule has 1 aromatic heterocycles. The van der Waals surface area contributed by atoms with Crippen molar-refractivity contribution in [1.82, 2.24) is 0 Å². The molecule has 29 heavy (non-hydrogen) atoms. The highest BCUT2D eigenvalue weighted by Gasteiger charge is 2.60. The van der Waals surface area contributed by atoms with Gasteiger partial charge in [0.1, 0.15) is 5.58 Å². The Morgan fingerprint density at radius 1 is 1.00 bits per heavy atom. The van der Waals surface area contributed by atoms with E-state index in [2.05, 4.69) is 0 Å². The first kappa shape index (κ1) is 18.9. The van der Waals surface area contributed by atoms with Crippen LogP contribution in [-0.2, 0) is 24.5 Å². The number of hydrogen-bond acceptors (Lipinski definition) is 6. The average Bonchev–Trinajstić information content (AvgIpc) is 3.01. The Kier molecular flexibility index (Phi) is 4.49. The second kappa shape index (κ2) is 6.88. The van der Waals surface area contributed by atoms with Crippen molar-refractivity contribution in [3.63, 3.8) is 0 Å². The van der Waals surface area contributed by atoms with Gasteiger partial charge in [0.2, 0.25) is 5.41 Å². The highest BCUT2D eigenvalue weighted by molar-refractivity contribution is 6.18. The second-order valence-corrected chi connectivity index (χ2v) is 6.88. The fourth-order valence-corrected chi connectivity index (χ4v) is 4.08. The van der Waals surface area contributed by atoms with Crippen molar-refractivity contribution in [3.05, 3.63) is 69.6 Å². The number of aryl methyl sites for hydroxylation is 1. The van der Waals surface area contributed by atoms with Gasteiger partial charge in [0.25, 0.3) is 0 Å². The standard InChI is InChI=1S/C23H20O6/c1-4-27-21(25)23(22(26)28-5-2)16-9-7-6-8-14(16)18-15-11-10-13(3)12-17(15)29-20(24)19(18)23/h6-12H,4-5H2,1-3H3. The molecule has 1 aliphatic carbocycles. The average molecular weight is 392 g/mol. The van der Waals surface area contributed by atoms with Gasteiger partial charge in [-0.05, 0) is 43.5 Å². The zero-order valence-corrected chi connectivity index (χ0v) is 16.4. The molecule has 0 atom stereocenters. The largest absolute Gasteiger partial charge is 0.465 e.